The van der Waals surface area contributed by atoms with Gasteiger partial charge >= 0.3 is 0 Å². The van der Waals surface area contributed by atoms with Crippen LogP contribution in [0.4, 0.5) is 0 Å². The Balaban J connectivity index is 1.72. The standard InChI is InChI=1S/C20H18ClN3O2S/c1-2-22-20-24(17(13-27-20)15-4-6-16(21)7-5-15)23-12-14-3-8-18-19(11-14)26-10-9-25-18/h3-8,11-13H,2,9-10H2,1H3. The minimum Gasteiger partial charge on any atom is -0.486 e. The number of thiazole rings is 1. The number of ether oxygens (including phenoxy) is 2. The van der Waals surface area contributed by atoms with Gasteiger partial charge in [-0.25, -0.2) is 4.68 Å². The fourth-order valence-electron chi connectivity index (χ4n) is 2.74. The lowest BCUT2D eigenvalue weighted by molar-refractivity contribution is 0.171. The Labute approximate surface area is 166 Å². The minimum absolute atomic E-state index is 0.563. The maximum Gasteiger partial charge on any atom is 0.206 e. The molecule has 1 aliphatic rings. The van der Waals surface area contributed by atoms with E-state index < -0.39 is 0 Å². The number of benzene rings is 2. The highest BCUT2D eigenvalue weighted by Crippen LogP contribution is 2.30. The Kier molecular flexibility index (Phi) is 5.27. The molecule has 3 aromatic rings. The van der Waals surface area contributed by atoms with E-state index >= 15 is 0 Å². The van der Waals surface area contributed by atoms with Gasteiger partial charge < -0.3 is 9.47 Å². The second kappa shape index (κ2) is 7.98. The summed E-state index contributed by atoms with van der Waals surface area (Å²) in [6, 6.07) is 13.5. The Morgan fingerprint density at radius 2 is 1.89 bits per heavy atom. The zero-order chi connectivity index (χ0) is 18.6. The van der Waals surface area contributed by atoms with Crippen molar-refractivity contribution in [3.05, 3.63) is 63.2 Å². The number of aromatic nitrogens is 1. The van der Waals surface area contributed by atoms with Crippen molar-refractivity contribution >= 4 is 29.2 Å². The molecule has 2 heterocycles. The van der Waals surface area contributed by atoms with Crippen LogP contribution in [-0.2, 0) is 0 Å². The summed E-state index contributed by atoms with van der Waals surface area (Å²) in [5.41, 5.74) is 2.94. The average molecular weight is 400 g/mol. The monoisotopic (exact) mass is 399 g/mol. The van der Waals surface area contributed by atoms with Crippen molar-refractivity contribution in [1.82, 2.24) is 4.68 Å². The highest BCUT2D eigenvalue weighted by molar-refractivity contribution is 7.07. The van der Waals surface area contributed by atoms with E-state index in [0.717, 1.165) is 33.1 Å². The summed E-state index contributed by atoms with van der Waals surface area (Å²) in [7, 11) is 0. The summed E-state index contributed by atoms with van der Waals surface area (Å²) < 4.78 is 13.1. The first-order valence-corrected chi connectivity index (χ1v) is 9.91. The Morgan fingerprint density at radius 1 is 1.11 bits per heavy atom. The van der Waals surface area contributed by atoms with Crippen LogP contribution in [0.1, 0.15) is 12.5 Å². The highest BCUT2D eigenvalue weighted by atomic mass is 35.5. The van der Waals surface area contributed by atoms with Gasteiger partial charge in [0.2, 0.25) is 4.80 Å². The average Bonchev–Trinajstić information content (AvgIpc) is 3.09. The van der Waals surface area contributed by atoms with Crippen molar-refractivity contribution in [2.24, 2.45) is 10.1 Å². The maximum atomic E-state index is 6.02. The lowest BCUT2D eigenvalue weighted by Crippen LogP contribution is -2.15. The third kappa shape index (κ3) is 3.91. The lowest BCUT2D eigenvalue weighted by atomic mass is 10.2. The molecule has 138 valence electrons. The third-order valence-electron chi connectivity index (χ3n) is 4.01. The second-order valence-corrected chi connectivity index (χ2v) is 7.12. The number of hydrogen-bond acceptors (Lipinski definition) is 5. The van der Waals surface area contributed by atoms with Gasteiger partial charge in [0.15, 0.2) is 11.5 Å². The van der Waals surface area contributed by atoms with Gasteiger partial charge in [-0.3, -0.25) is 4.99 Å². The Hall–Kier alpha value is -2.57. The number of nitrogens with zero attached hydrogens (tertiary/aromatic N) is 3. The van der Waals surface area contributed by atoms with Crippen LogP contribution in [0.15, 0.2) is 57.9 Å². The molecule has 27 heavy (non-hydrogen) atoms. The van der Waals surface area contributed by atoms with E-state index in [9.17, 15) is 0 Å². The molecule has 0 saturated carbocycles. The zero-order valence-corrected chi connectivity index (χ0v) is 16.3. The van der Waals surface area contributed by atoms with Crippen molar-refractivity contribution in [2.75, 3.05) is 19.8 Å². The summed E-state index contributed by atoms with van der Waals surface area (Å²) in [5, 5.41) is 7.44. The van der Waals surface area contributed by atoms with E-state index in [0.29, 0.717) is 24.8 Å². The van der Waals surface area contributed by atoms with Crippen LogP contribution < -0.4 is 14.3 Å². The van der Waals surface area contributed by atoms with Crippen LogP contribution in [0.3, 0.4) is 0 Å². The third-order valence-corrected chi connectivity index (χ3v) is 5.11. The van der Waals surface area contributed by atoms with E-state index in [1.54, 1.807) is 17.6 Å². The first-order valence-electron chi connectivity index (χ1n) is 8.65. The van der Waals surface area contributed by atoms with Gasteiger partial charge in [0.25, 0.3) is 0 Å². The Bertz CT molecular complexity index is 1040. The van der Waals surface area contributed by atoms with Gasteiger partial charge in [-0.05, 0) is 42.8 Å². The van der Waals surface area contributed by atoms with Gasteiger partial charge in [-0.15, -0.1) is 11.3 Å². The molecule has 5 nitrogen and oxygen atoms in total. The molecule has 0 unspecified atom stereocenters. The first kappa shape index (κ1) is 17.8. The maximum absolute atomic E-state index is 6.02. The number of hydrogen-bond donors (Lipinski definition) is 0. The quantitative estimate of drug-likeness (QED) is 0.609. The van der Waals surface area contributed by atoms with Gasteiger partial charge in [-0.1, -0.05) is 23.7 Å². The Morgan fingerprint density at radius 3 is 2.67 bits per heavy atom. The molecule has 0 N–H and O–H groups in total. The predicted octanol–water partition coefficient (Wildman–Crippen LogP) is 4.44. The summed E-state index contributed by atoms with van der Waals surface area (Å²) in [5.74, 6) is 1.52. The zero-order valence-electron chi connectivity index (χ0n) is 14.8. The van der Waals surface area contributed by atoms with Crippen molar-refractivity contribution in [1.29, 1.82) is 0 Å². The van der Waals surface area contributed by atoms with Gasteiger partial charge in [-0.2, -0.15) is 5.10 Å². The fraction of sp³-hybridized carbons (Fsp3) is 0.200. The van der Waals surface area contributed by atoms with Crippen LogP contribution in [0, 0.1) is 0 Å². The lowest BCUT2D eigenvalue weighted by Gasteiger charge is -2.18. The van der Waals surface area contributed by atoms with E-state index in [4.69, 9.17) is 21.1 Å². The predicted molar refractivity (Wildman–Crippen MR) is 109 cm³/mol. The molecule has 0 amide bonds. The SMILES string of the molecule is CCN=c1scc(-c2ccc(Cl)cc2)n1N=Cc1ccc2c(c1)OCCO2. The molecule has 7 heteroatoms. The van der Waals surface area contributed by atoms with Crippen LogP contribution in [0.5, 0.6) is 11.5 Å². The summed E-state index contributed by atoms with van der Waals surface area (Å²) >= 11 is 7.58. The molecular formula is C20H18ClN3O2S. The normalized spacial score (nSPS) is 14.1. The van der Waals surface area contributed by atoms with Crippen LogP contribution in [0.2, 0.25) is 5.02 Å². The van der Waals surface area contributed by atoms with Crippen molar-refractivity contribution in [2.45, 2.75) is 6.92 Å². The fourth-order valence-corrected chi connectivity index (χ4v) is 3.77. The molecule has 2 aromatic carbocycles. The van der Waals surface area contributed by atoms with E-state index in [1.807, 2.05) is 54.1 Å². The van der Waals surface area contributed by atoms with E-state index in [-0.39, 0.29) is 0 Å². The molecule has 0 bridgehead atoms. The molecule has 0 radical (unpaired) electrons. The summed E-state index contributed by atoms with van der Waals surface area (Å²) in [6.45, 7) is 3.85. The van der Waals surface area contributed by atoms with Gasteiger partial charge in [0, 0.05) is 22.5 Å². The molecular weight excluding hydrogens is 382 g/mol. The number of rotatable bonds is 4. The summed E-state index contributed by atoms with van der Waals surface area (Å²) in [6.07, 6.45) is 1.80. The van der Waals surface area contributed by atoms with Crippen LogP contribution >= 0.6 is 22.9 Å². The molecule has 1 aromatic heterocycles. The number of fused-ring (bicyclic) bond motifs is 1. The molecule has 0 atom stereocenters. The van der Waals surface area contributed by atoms with E-state index in [2.05, 4.69) is 15.5 Å². The van der Waals surface area contributed by atoms with E-state index in [1.165, 1.54) is 0 Å². The smallest absolute Gasteiger partial charge is 0.206 e. The molecule has 4 rings (SSSR count). The largest absolute Gasteiger partial charge is 0.486 e. The topological polar surface area (TPSA) is 48.1 Å². The van der Waals surface area contributed by atoms with Gasteiger partial charge in [0.1, 0.15) is 13.2 Å². The van der Waals surface area contributed by atoms with Crippen molar-refractivity contribution < 1.29 is 9.47 Å². The minimum atomic E-state index is 0.563. The van der Waals surface area contributed by atoms with Gasteiger partial charge in [0.05, 0.1) is 11.9 Å². The van der Waals surface area contributed by atoms with Crippen molar-refractivity contribution in [3.8, 4) is 22.8 Å². The van der Waals surface area contributed by atoms with Crippen molar-refractivity contribution in [3.63, 3.8) is 0 Å². The molecule has 0 saturated heterocycles. The summed E-state index contributed by atoms with van der Waals surface area (Å²) in [4.78, 5) is 5.39. The van der Waals surface area contributed by atoms with Crippen LogP contribution in [0.25, 0.3) is 11.3 Å². The molecule has 0 spiro atoms. The van der Waals surface area contributed by atoms with Crippen LogP contribution in [-0.4, -0.2) is 30.6 Å². The molecule has 1 aliphatic heterocycles. The second-order valence-electron chi connectivity index (χ2n) is 5.84. The molecule has 0 fully saturated rings. The number of halogens is 1. The highest BCUT2D eigenvalue weighted by Gasteiger charge is 2.11. The first-order chi connectivity index (χ1) is 13.2. The molecule has 0 aliphatic carbocycles.